The zero-order chi connectivity index (χ0) is 22.0. The third-order valence-corrected chi connectivity index (χ3v) is 5.74. The Balaban J connectivity index is 1.80. The Bertz CT molecular complexity index is 1020. The van der Waals surface area contributed by atoms with Gasteiger partial charge in [-0.2, -0.15) is 0 Å². The van der Waals surface area contributed by atoms with Crippen molar-refractivity contribution in [3.05, 3.63) is 53.7 Å². The Morgan fingerprint density at radius 2 is 1.42 bits per heavy atom. The van der Waals surface area contributed by atoms with Gasteiger partial charge in [0.25, 0.3) is 11.8 Å². The molecule has 2 aromatic carbocycles. The van der Waals surface area contributed by atoms with Crippen molar-refractivity contribution < 1.29 is 23.8 Å². The van der Waals surface area contributed by atoms with Crippen LogP contribution < -0.4 is 19.1 Å². The summed E-state index contributed by atoms with van der Waals surface area (Å²) in [6.45, 7) is 1.52. The lowest BCUT2D eigenvalue weighted by atomic mass is 10.0. The molecule has 2 aromatic rings. The molecule has 0 N–H and O–H groups in total. The number of benzene rings is 2. The van der Waals surface area contributed by atoms with Crippen LogP contribution in [0.4, 0.5) is 5.69 Å². The van der Waals surface area contributed by atoms with Crippen LogP contribution in [0, 0.1) is 0 Å². The van der Waals surface area contributed by atoms with Crippen LogP contribution in [-0.2, 0) is 9.59 Å². The highest BCUT2D eigenvalue weighted by Crippen LogP contribution is 2.39. The van der Waals surface area contributed by atoms with E-state index in [0.717, 1.165) is 32.4 Å². The van der Waals surface area contributed by atoms with Crippen LogP contribution in [0.1, 0.15) is 24.8 Å². The molecule has 0 bridgehead atoms. The number of methoxy groups -OCH3 is 3. The van der Waals surface area contributed by atoms with Crippen molar-refractivity contribution >= 4 is 23.1 Å². The predicted octanol–water partition coefficient (Wildman–Crippen LogP) is 3.48. The summed E-state index contributed by atoms with van der Waals surface area (Å²) in [4.78, 5) is 30.5. The van der Waals surface area contributed by atoms with E-state index in [2.05, 4.69) is 0 Å². The van der Waals surface area contributed by atoms with Crippen LogP contribution in [0.3, 0.4) is 0 Å². The van der Waals surface area contributed by atoms with Crippen molar-refractivity contribution in [1.82, 2.24) is 4.90 Å². The van der Waals surface area contributed by atoms with Crippen LogP contribution in [-0.4, -0.2) is 51.1 Å². The molecule has 31 heavy (non-hydrogen) atoms. The first-order valence-electron chi connectivity index (χ1n) is 10.3. The lowest BCUT2D eigenvalue weighted by Crippen LogP contribution is -2.37. The van der Waals surface area contributed by atoms with E-state index in [1.165, 1.54) is 12.0 Å². The van der Waals surface area contributed by atoms with E-state index in [9.17, 15) is 9.59 Å². The molecule has 0 atom stereocenters. The number of ether oxygens (including phenoxy) is 3. The summed E-state index contributed by atoms with van der Waals surface area (Å²) >= 11 is 0. The third-order valence-electron chi connectivity index (χ3n) is 5.74. The second kappa shape index (κ2) is 8.71. The largest absolute Gasteiger partial charge is 0.497 e. The van der Waals surface area contributed by atoms with Gasteiger partial charge in [0.05, 0.1) is 32.6 Å². The average molecular weight is 422 g/mol. The summed E-state index contributed by atoms with van der Waals surface area (Å²) in [5.41, 5.74) is 2.03. The van der Waals surface area contributed by atoms with Gasteiger partial charge in [0.1, 0.15) is 11.4 Å². The molecule has 0 aromatic heterocycles. The van der Waals surface area contributed by atoms with Crippen LogP contribution in [0.25, 0.3) is 5.57 Å². The third kappa shape index (κ3) is 3.71. The molecule has 0 radical (unpaired) electrons. The number of carbonyl (C=O) groups excluding carboxylic acids is 2. The molecule has 2 aliphatic heterocycles. The zero-order valence-corrected chi connectivity index (χ0v) is 18.0. The number of nitrogens with zero attached hydrogens (tertiary/aromatic N) is 2. The van der Waals surface area contributed by atoms with Crippen LogP contribution in [0.15, 0.2) is 48.2 Å². The Kier molecular flexibility index (Phi) is 5.84. The van der Waals surface area contributed by atoms with Gasteiger partial charge in [0.15, 0.2) is 11.5 Å². The van der Waals surface area contributed by atoms with E-state index in [1.54, 1.807) is 44.6 Å². The van der Waals surface area contributed by atoms with Crippen molar-refractivity contribution in [1.29, 1.82) is 0 Å². The minimum absolute atomic E-state index is 0.315. The number of likely N-dealkylation sites (tertiary alicyclic amines) is 1. The van der Waals surface area contributed by atoms with E-state index in [-0.39, 0.29) is 11.8 Å². The molecular weight excluding hydrogens is 396 g/mol. The molecule has 7 heteroatoms. The minimum atomic E-state index is -0.344. The van der Waals surface area contributed by atoms with Gasteiger partial charge in [-0.3, -0.25) is 9.59 Å². The van der Waals surface area contributed by atoms with Crippen LogP contribution in [0.2, 0.25) is 0 Å². The number of hydrogen-bond acceptors (Lipinski definition) is 6. The Hall–Kier alpha value is -3.48. The van der Waals surface area contributed by atoms with E-state index in [0.29, 0.717) is 39.8 Å². The fourth-order valence-electron chi connectivity index (χ4n) is 4.15. The van der Waals surface area contributed by atoms with Crippen LogP contribution in [0.5, 0.6) is 17.2 Å². The average Bonchev–Trinajstić information content (AvgIpc) is 3.09. The first-order valence-corrected chi connectivity index (χ1v) is 10.3. The normalized spacial score (nSPS) is 16.7. The number of hydrogen-bond donors (Lipinski definition) is 0. The fraction of sp³-hybridized carbons (Fsp3) is 0.333. The van der Waals surface area contributed by atoms with Crippen molar-refractivity contribution in [2.45, 2.75) is 19.3 Å². The second-order valence-corrected chi connectivity index (χ2v) is 7.48. The van der Waals surface area contributed by atoms with Gasteiger partial charge >= 0.3 is 0 Å². The van der Waals surface area contributed by atoms with E-state index in [1.807, 2.05) is 17.0 Å². The number of piperidine rings is 1. The second-order valence-electron chi connectivity index (χ2n) is 7.48. The minimum Gasteiger partial charge on any atom is -0.497 e. The molecule has 4 rings (SSSR count). The SMILES string of the molecule is COc1ccc(C2=C(N3CCCCC3)C(=O)N(c3ccc(OC)c(OC)c3)C2=O)cc1. The summed E-state index contributed by atoms with van der Waals surface area (Å²) in [5.74, 6) is 1.02. The fourth-order valence-corrected chi connectivity index (χ4v) is 4.15. The number of anilines is 1. The molecule has 0 spiro atoms. The Labute approximate surface area is 181 Å². The van der Waals surface area contributed by atoms with Gasteiger partial charge < -0.3 is 19.1 Å². The highest BCUT2D eigenvalue weighted by molar-refractivity contribution is 6.45. The number of carbonyl (C=O) groups is 2. The topological polar surface area (TPSA) is 68.3 Å². The van der Waals surface area contributed by atoms with E-state index >= 15 is 0 Å². The molecule has 0 unspecified atom stereocenters. The smallest absolute Gasteiger partial charge is 0.282 e. The summed E-state index contributed by atoms with van der Waals surface area (Å²) in [6.07, 6.45) is 3.12. The highest BCUT2D eigenvalue weighted by atomic mass is 16.5. The summed E-state index contributed by atoms with van der Waals surface area (Å²) in [7, 11) is 4.66. The number of amides is 2. The maximum Gasteiger partial charge on any atom is 0.282 e. The molecule has 162 valence electrons. The molecular formula is C24H26N2O5. The maximum atomic E-state index is 13.6. The molecule has 2 heterocycles. The molecule has 2 amide bonds. The molecule has 2 aliphatic rings. The molecule has 7 nitrogen and oxygen atoms in total. The number of rotatable bonds is 6. The zero-order valence-electron chi connectivity index (χ0n) is 18.0. The van der Waals surface area contributed by atoms with E-state index in [4.69, 9.17) is 14.2 Å². The standard InChI is InChI=1S/C24H26N2O5/c1-29-18-10-7-16(8-11-18)21-22(25-13-5-4-6-14-25)24(28)26(23(21)27)17-9-12-19(30-2)20(15-17)31-3/h7-12,15H,4-6,13-14H2,1-3H3. The first-order chi connectivity index (χ1) is 15.1. The van der Waals surface area contributed by atoms with Gasteiger partial charge in [-0.25, -0.2) is 4.90 Å². The van der Waals surface area contributed by atoms with Gasteiger partial charge in [0, 0.05) is 19.2 Å². The highest BCUT2D eigenvalue weighted by Gasteiger charge is 2.42. The molecule has 0 saturated carbocycles. The Morgan fingerprint density at radius 3 is 2.03 bits per heavy atom. The number of imide groups is 1. The first kappa shape index (κ1) is 20.8. The Morgan fingerprint density at radius 1 is 0.742 bits per heavy atom. The monoisotopic (exact) mass is 422 g/mol. The van der Waals surface area contributed by atoms with Gasteiger partial charge in [0.2, 0.25) is 0 Å². The molecule has 1 saturated heterocycles. The summed E-state index contributed by atoms with van der Waals surface area (Å²) in [5, 5.41) is 0. The molecule has 0 aliphatic carbocycles. The van der Waals surface area contributed by atoms with Gasteiger partial charge in [-0.1, -0.05) is 12.1 Å². The van der Waals surface area contributed by atoms with Crippen molar-refractivity contribution in [2.75, 3.05) is 39.3 Å². The summed E-state index contributed by atoms with van der Waals surface area (Å²) < 4.78 is 15.9. The van der Waals surface area contributed by atoms with Crippen LogP contribution >= 0.6 is 0 Å². The van der Waals surface area contributed by atoms with Crippen molar-refractivity contribution in [2.24, 2.45) is 0 Å². The van der Waals surface area contributed by atoms with Crippen molar-refractivity contribution in [3.8, 4) is 17.2 Å². The van der Waals surface area contributed by atoms with Gasteiger partial charge in [-0.15, -0.1) is 0 Å². The maximum absolute atomic E-state index is 13.6. The van der Waals surface area contributed by atoms with Gasteiger partial charge in [-0.05, 0) is 49.1 Å². The lowest BCUT2D eigenvalue weighted by Gasteiger charge is -2.29. The lowest BCUT2D eigenvalue weighted by molar-refractivity contribution is -0.120. The van der Waals surface area contributed by atoms with E-state index < -0.39 is 0 Å². The van der Waals surface area contributed by atoms with Crippen molar-refractivity contribution in [3.63, 3.8) is 0 Å². The predicted molar refractivity (Wildman–Crippen MR) is 117 cm³/mol. The molecule has 1 fully saturated rings. The summed E-state index contributed by atoms with van der Waals surface area (Å²) in [6, 6.07) is 12.3. The quantitative estimate of drug-likeness (QED) is 0.664.